The van der Waals surface area contributed by atoms with Crippen LogP contribution in [0, 0.1) is 46.7 Å². The third-order valence-electron chi connectivity index (χ3n) is 8.44. The summed E-state index contributed by atoms with van der Waals surface area (Å²) in [5.41, 5.74) is -4.55. The molecule has 0 heterocycles. The number of halogens is 11. The summed E-state index contributed by atoms with van der Waals surface area (Å²) in [4.78, 5) is 0. The summed E-state index contributed by atoms with van der Waals surface area (Å²) in [5, 5.41) is 0. The summed E-state index contributed by atoms with van der Waals surface area (Å²) in [7, 11) is 0. The SMILES string of the molecule is CCCCCCCC1CCC(C(F)(F)Oc2cc(F)c(-c3cc(F)c(-c4cc(F)c(/C=C/C(F)(F)F)c(F)c4)c(F)c3)c(F)c2)CC1. The maximum absolute atomic E-state index is 15.1. The van der Waals surface area contributed by atoms with Gasteiger partial charge < -0.3 is 4.74 Å². The van der Waals surface area contributed by atoms with Crippen molar-refractivity contribution in [3.05, 3.63) is 82.9 Å². The summed E-state index contributed by atoms with van der Waals surface area (Å²) in [6.45, 7) is 2.12. The lowest BCUT2D eigenvalue weighted by Gasteiger charge is -2.33. The summed E-state index contributed by atoms with van der Waals surface area (Å²) >= 11 is 0. The molecule has 0 atom stereocenters. The van der Waals surface area contributed by atoms with E-state index in [2.05, 4.69) is 6.92 Å². The van der Waals surface area contributed by atoms with E-state index in [4.69, 9.17) is 4.74 Å². The number of unbranched alkanes of at least 4 members (excludes halogenated alkanes) is 4. The van der Waals surface area contributed by atoms with Gasteiger partial charge in [-0.05, 0) is 73.1 Å². The first-order chi connectivity index (χ1) is 22.1. The van der Waals surface area contributed by atoms with Crippen LogP contribution in [-0.4, -0.2) is 12.3 Å². The molecule has 1 aliphatic carbocycles. The highest BCUT2D eigenvalue weighted by atomic mass is 19.4. The first kappa shape index (κ1) is 36.3. The molecule has 0 spiro atoms. The predicted molar refractivity (Wildman–Crippen MR) is 157 cm³/mol. The fourth-order valence-electron chi connectivity index (χ4n) is 6.01. The largest absolute Gasteiger partial charge is 0.432 e. The smallest absolute Gasteiger partial charge is 0.409 e. The molecule has 12 heteroatoms. The van der Waals surface area contributed by atoms with Crippen LogP contribution >= 0.6 is 0 Å². The molecule has 1 nitrogen and oxygen atoms in total. The molecule has 3 aromatic carbocycles. The Morgan fingerprint density at radius 2 is 1.11 bits per heavy atom. The zero-order valence-corrected chi connectivity index (χ0v) is 25.4. The number of alkyl halides is 5. The highest BCUT2D eigenvalue weighted by Crippen LogP contribution is 2.43. The Morgan fingerprint density at radius 3 is 1.60 bits per heavy atom. The molecule has 1 fully saturated rings. The van der Waals surface area contributed by atoms with E-state index in [0.29, 0.717) is 55.2 Å². The second-order valence-electron chi connectivity index (χ2n) is 11.9. The molecule has 1 saturated carbocycles. The molecule has 1 aliphatic rings. The molecule has 0 aliphatic heterocycles. The molecule has 0 unspecified atom stereocenters. The minimum atomic E-state index is -4.88. The van der Waals surface area contributed by atoms with Gasteiger partial charge in [-0.2, -0.15) is 22.0 Å². The number of benzene rings is 3. The average Bonchev–Trinajstić information content (AvgIpc) is 2.95. The first-order valence-electron chi connectivity index (χ1n) is 15.4. The Hall–Kier alpha value is -3.57. The summed E-state index contributed by atoms with van der Waals surface area (Å²) in [6, 6.07) is 2.66. The lowest BCUT2D eigenvalue weighted by Crippen LogP contribution is -2.37. The fourth-order valence-corrected chi connectivity index (χ4v) is 6.01. The van der Waals surface area contributed by atoms with Crippen LogP contribution in [0.5, 0.6) is 5.75 Å². The minimum absolute atomic E-state index is 0.112. The highest BCUT2D eigenvalue weighted by Gasteiger charge is 2.44. The monoisotopic (exact) mass is 678 g/mol. The number of ether oxygens (including phenoxy) is 1. The zero-order chi connectivity index (χ0) is 34.5. The molecular weight excluding hydrogens is 645 g/mol. The molecule has 4 rings (SSSR count). The van der Waals surface area contributed by atoms with E-state index in [1.54, 1.807) is 0 Å². The van der Waals surface area contributed by atoms with Crippen LogP contribution in [-0.2, 0) is 0 Å². The van der Waals surface area contributed by atoms with Crippen molar-refractivity contribution in [3.8, 4) is 28.0 Å². The van der Waals surface area contributed by atoms with Crippen molar-refractivity contribution in [1.29, 1.82) is 0 Å². The molecule has 0 amide bonds. The van der Waals surface area contributed by atoms with E-state index in [1.807, 2.05) is 0 Å². The fraction of sp³-hybridized carbons (Fsp3) is 0.429. The maximum Gasteiger partial charge on any atom is 0.409 e. The van der Waals surface area contributed by atoms with Gasteiger partial charge >= 0.3 is 12.3 Å². The molecule has 256 valence electrons. The van der Waals surface area contributed by atoms with E-state index >= 15 is 26.3 Å². The Kier molecular flexibility index (Phi) is 11.7. The van der Waals surface area contributed by atoms with Gasteiger partial charge in [-0.1, -0.05) is 45.4 Å². The number of hydrogen-bond acceptors (Lipinski definition) is 1. The lowest BCUT2D eigenvalue weighted by molar-refractivity contribution is -0.223. The average molecular weight is 679 g/mol. The third kappa shape index (κ3) is 9.28. The number of allylic oxidation sites excluding steroid dienone is 1. The summed E-state index contributed by atoms with van der Waals surface area (Å²) in [6.07, 6.45) is -0.831. The van der Waals surface area contributed by atoms with Gasteiger partial charge in [0.15, 0.2) is 0 Å². The second kappa shape index (κ2) is 15.1. The molecule has 3 aromatic rings. The van der Waals surface area contributed by atoms with Crippen molar-refractivity contribution in [2.24, 2.45) is 11.8 Å². The Bertz CT molecular complexity index is 1500. The van der Waals surface area contributed by atoms with Crippen molar-refractivity contribution in [2.75, 3.05) is 0 Å². The van der Waals surface area contributed by atoms with Gasteiger partial charge in [0.25, 0.3) is 0 Å². The van der Waals surface area contributed by atoms with Crippen LogP contribution in [0.25, 0.3) is 28.3 Å². The third-order valence-corrected chi connectivity index (χ3v) is 8.44. The van der Waals surface area contributed by atoms with E-state index in [1.165, 1.54) is 0 Å². The molecule has 0 radical (unpaired) electrons. The van der Waals surface area contributed by atoms with Crippen molar-refractivity contribution in [2.45, 2.75) is 83.4 Å². The number of rotatable bonds is 12. The molecule has 47 heavy (non-hydrogen) atoms. The van der Waals surface area contributed by atoms with Crippen LogP contribution in [0.2, 0.25) is 0 Å². The van der Waals surface area contributed by atoms with E-state index < -0.39 is 92.7 Å². The van der Waals surface area contributed by atoms with Crippen molar-refractivity contribution < 1.29 is 53.0 Å². The first-order valence-corrected chi connectivity index (χ1v) is 15.4. The van der Waals surface area contributed by atoms with Crippen molar-refractivity contribution >= 4 is 6.08 Å². The minimum Gasteiger partial charge on any atom is -0.432 e. The van der Waals surface area contributed by atoms with Gasteiger partial charge in [0.1, 0.15) is 40.7 Å². The maximum atomic E-state index is 15.1. The molecule has 0 saturated heterocycles. The van der Waals surface area contributed by atoms with Gasteiger partial charge in [-0.25, -0.2) is 26.3 Å². The van der Waals surface area contributed by atoms with Gasteiger partial charge in [0.2, 0.25) is 0 Å². The van der Waals surface area contributed by atoms with Crippen molar-refractivity contribution in [3.63, 3.8) is 0 Å². The van der Waals surface area contributed by atoms with Crippen LogP contribution in [0.1, 0.15) is 76.7 Å². The Labute approximate surface area is 265 Å². The quantitative estimate of drug-likeness (QED) is 0.137. The molecule has 0 bridgehead atoms. The van der Waals surface area contributed by atoms with Crippen LogP contribution in [0.4, 0.5) is 48.3 Å². The van der Waals surface area contributed by atoms with Gasteiger partial charge in [-0.3, -0.25) is 0 Å². The standard InChI is InChI=1S/C35H33F11O/c1-2-3-4-5-6-7-20-8-10-23(11-9-20)35(45,46)47-24-18-30(40)33(31(41)19-24)22-16-28(38)32(29(39)17-22)21-14-26(36)25(27(37)15-21)12-13-34(42,43)44/h12-20,23H,2-11H2,1H3/b13-12+. The van der Waals surface area contributed by atoms with E-state index in [0.717, 1.165) is 38.5 Å². The molecular formula is C35H33F11O. The predicted octanol–water partition coefficient (Wildman–Crippen LogP) is 12.6. The summed E-state index contributed by atoms with van der Waals surface area (Å²) < 4.78 is 161. The van der Waals surface area contributed by atoms with E-state index in [-0.39, 0.29) is 18.9 Å². The van der Waals surface area contributed by atoms with Gasteiger partial charge in [-0.15, -0.1) is 0 Å². The zero-order valence-electron chi connectivity index (χ0n) is 25.4. The normalized spacial score (nSPS) is 17.4. The van der Waals surface area contributed by atoms with E-state index in [9.17, 15) is 22.0 Å². The lowest BCUT2D eigenvalue weighted by atomic mass is 9.79. The van der Waals surface area contributed by atoms with Gasteiger partial charge in [0, 0.05) is 23.8 Å². The highest BCUT2D eigenvalue weighted by molar-refractivity contribution is 5.73. The van der Waals surface area contributed by atoms with Crippen LogP contribution in [0.15, 0.2) is 42.5 Å². The number of hydrogen-bond donors (Lipinski definition) is 0. The topological polar surface area (TPSA) is 9.23 Å². The Balaban J connectivity index is 1.49. The molecule has 0 N–H and O–H groups in total. The van der Waals surface area contributed by atoms with Crippen LogP contribution in [0.3, 0.4) is 0 Å². The van der Waals surface area contributed by atoms with Crippen LogP contribution < -0.4 is 4.74 Å². The summed E-state index contributed by atoms with van der Waals surface area (Å²) in [5.74, 6) is -10.7. The molecule has 0 aromatic heterocycles. The van der Waals surface area contributed by atoms with Crippen molar-refractivity contribution in [1.82, 2.24) is 0 Å². The second-order valence-corrected chi connectivity index (χ2v) is 11.9. The van der Waals surface area contributed by atoms with Gasteiger partial charge in [0.05, 0.1) is 17.0 Å². The Morgan fingerprint density at radius 1 is 0.638 bits per heavy atom.